The standard InChI is InChI=1S/C27H46O3/c1-25(29)15-16-27(3)20(18-25)8-10-22-23-11-9-19(26(23,2)14-12-24(22)27)6-5-7-21(28)13-17-30-4/h8,19,21-24,28-29H,5-7,9-18H2,1-4H3. The van der Waals surface area contributed by atoms with Gasteiger partial charge in [-0.2, -0.15) is 0 Å². The summed E-state index contributed by atoms with van der Waals surface area (Å²) in [5, 5.41) is 20.8. The molecule has 0 radical (unpaired) electrons. The van der Waals surface area contributed by atoms with Crippen molar-refractivity contribution < 1.29 is 14.9 Å². The minimum Gasteiger partial charge on any atom is -0.393 e. The lowest BCUT2D eigenvalue weighted by atomic mass is 9.46. The van der Waals surface area contributed by atoms with Crippen molar-refractivity contribution in [2.45, 2.75) is 110 Å². The van der Waals surface area contributed by atoms with Crippen molar-refractivity contribution in [1.82, 2.24) is 0 Å². The highest BCUT2D eigenvalue weighted by Crippen LogP contribution is 2.67. The van der Waals surface area contributed by atoms with Crippen LogP contribution in [0, 0.1) is 34.5 Å². The van der Waals surface area contributed by atoms with E-state index in [4.69, 9.17) is 4.74 Å². The van der Waals surface area contributed by atoms with E-state index in [0.717, 1.165) is 55.8 Å². The zero-order valence-electron chi connectivity index (χ0n) is 20.0. The van der Waals surface area contributed by atoms with Gasteiger partial charge in [-0.3, -0.25) is 0 Å². The van der Waals surface area contributed by atoms with E-state index in [2.05, 4.69) is 19.9 Å². The summed E-state index contributed by atoms with van der Waals surface area (Å²) in [7, 11) is 1.71. The molecule has 0 aromatic carbocycles. The molecule has 2 N–H and O–H groups in total. The summed E-state index contributed by atoms with van der Waals surface area (Å²) >= 11 is 0. The van der Waals surface area contributed by atoms with Crippen molar-refractivity contribution in [2.24, 2.45) is 34.5 Å². The van der Waals surface area contributed by atoms with E-state index in [9.17, 15) is 10.2 Å². The molecule has 30 heavy (non-hydrogen) atoms. The molecule has 0 heterocycles. The molecule has 3 heteroatoms. The van der Waals surface area contributed by atoms with Gasteiger partial charge in [0.2, 0.25) is 0 Å². The van der Waals surface area contributed by atoms with E-state index in [-0.39, 0.29) is 6.10 Å². The third-order valence-corrected chi connectivity index (χ3v) is 10.3. The van der Waals surface area contributed by atoms with Crippen molar-refractivity contribution >= 4 is 0 Å². The van der Waals surface area contributed by atoms with Gasteiger partial charge in [-0.1, -0.05) is 31.9 Å². The summed E-state index contributed by atoms with van der Waals surface area (Å²) in [6.07, 6.45) is 16.3. The van der Waals surface area contributed by atoms with Crippen molar-refractivity contribution in [3.05, 3.63) is 11.6 Å². The van der Waals surface area contributed by atoms with Crippen LogP contribution >= 0.6 is 0 Å². The number of hydrogen-bond acceptors (Lipinski definition) is 3. The number of aliphatic hydroxyl groups excluding tert-OH is 1. The molecule has 0 aromatic rings. The number of aliphatic hydroxyl groups is 2. The third-order valence-electron chi connectivity index (χ3n) is 10.3. The highest BCUT2D eigenvalue weighted by molar-refractivity contribution is 5.26. The summed E-state index contributed by atoms with van der Waals surface area (Å²) in [4.78, 5) is 0. The molecule has 0 aromatic heterocycles. The lowest BCUT2D eigenvalue weighted by Gasteiger charge is -2.59. The average molecular weight is 419 g/mol. The summed E-state index contributed by atoms with van der Waals surface area (Å²) in [6, 6.07) is 0. The smallest absolute Gasteiger partial charge is 0.0657 e. The molecule has 4 aliphatic rings. The minimum absolute atomic E-state index is 0.198. The first-order valence-electron chi connectivity index (χ1n) is 12.8. The molecule has 8 atom stereocenters. The molecule has 0 amide bonds. The molecular weight excluding hydrogens is 372 g/mol. The van der Waals surface area contributed by atoms with Crippen LogP contribution in [0.2, 0.25) is 0 Å². The molecule has 0 spiro atoms. The van der Waals surface area contributed by atoms with Crippen molar-refractivity contribution in [2.75, 3.05) is 13.7 Å². The maximum Gasteiger partial charge on any atom is 0.0657 e. The predicted octanol–water partition coefficient (Wildman–Crippen LogP) is 5.88. The van der Waals surface area contributed by atoms with Crippen LogP contribution in [0.4, 0.5) is 0 Å². The highest BCUT2D eigenvalue weighted by atomic mass is 16.5. The van der Waals surface area contributed by atoms with E-state index in [1.807, 2.05) is 6.92 Å². The normalized spacial score (nSPS) is 46.5. The first kappa shape index (κ1) is 22.8. The Bertz CT molecular complexity index is 640. The van der Waals surface area contributed by atoms with E-state index in [0.29, 0.717) is 17.4 Å². The fraction of sp³-hybridized carbons (Fsp3) is 0.926. The zero-order chi connectivity index (χ0) is 21.6. The SMILES string of the molecule is COCCC(O)CCCC1CCC2C3CC=C4CC(C)(O)CCC4(C)C3CCC12C. The Morgan fingerprint density at radius 3 is 2.63 bits per heavy atom. The summed E-state index contributed by atoms with van der Waals surface area (Å²) in [6.45, 7) is 7.84. The first-order valence-corrected chi connectivity index (χ1v) is 12.8. The Hall–Kier alpha value is -0.380. The topological polar surface area (TPSA) is 49.7 Å². The Morgan fingerprint density at radius 1 is 1.07 bits per heavy atom. The molecule has 8 unspecified atom stereocenters. The van der Waals surface area contributed by atoms with Gasteiger partial charge in [-0.25, -0.2) is 0 Å². The van der Waals surface area contributed by atoms with Crippen LogP contribution in [0.25, 0.3) is 0 Å². The molecule has 3 saturated carbocycles. The van der Waals surface area contributed by atoms with E-state index < -0.39 is 5.60 Å². The first-order chi connectivity index (χ1) is 14.2. The van der Waals surface area contributed by atoms with E-state index in [1.54, 1.807) is 12.7 Å². The maximum absolute atomic E-state index is 10.7. The monoisotopic (exact) mass is 418 g/mol. The molecule has 172 valence electrons. The summed E-state index contributed by atoms with van der Waals surface area (Å²) in [5.74, 6) is 3.37. The van der Waals surface area contributed by atoms with Crippen LogP contribution in [-0.2, 0) is 4.74 Å². The number of allylic oxidation sites excluding steroid dienone is 1. The highest BCUT2D eigenvalue weighted by Gasteiger charge is 2.58. The summed E-state index contributed by atoms with van der Waals surface area (Å²) in [5.41, 5.74) is 1.91. The van der Waals surface area contributed by atoms with Gasteiger partial charge in [0.1, 0.15) is 0 Å². The Morgan fingerprint density at radius 2 is 1.87 bits per heavy atom. The van der Waals surface area contributed by atoms with Crippen LogP contribution in [0.15, 0.2) is 11.6 Å². The lowest BCUT2D eigenvalue weighted by molar-refractivity contribution is -0.0662. The largest absolute Gasteiger partial charge is 0.393 e. The molecule has 4 aliphatic carbocycles. The van der Waals surface area contributed by atoms with Crippen LogP contribution in [0.5, 0.6) is 0 Å². The van der Waals surface area contributed by atoms with Gasteiger partial charge in [0.25, 0.3) is 0 Å². The molecule has 0 bridgehead atoms. The van der Waals surface area contributed by atoms with E-state index >= 15 is 0 Å². The zero-order valence-corrected chi connectivity index (χ0v) is 20.0. The number of methoxy groups -OCH3 is 1. The van der Waals surface area contributed by atoms with Gasteiger partial charge >= 0.3 is 0 Å². The van der Waals surface area contributed by atoms with Crippen LogP contribution in [0.3, 0.4) is 0 Å². The quantitative estimate of drug-likeness (QED) is 0.507. The number of fused-ring (bicyclic) bond motifs is 5. The van der Waals surface area contributed by atoms with Gasteiger partial charge in [-0.05, 0) is 112 Å². The molecule has 3 fully saturated rings. The molecule has 3 nitrogen and oxygen atoms in total. The number of ether oxygens (including phenoxy) is 1. The van der Waals surface area contributed by atoms with Gasteiger partial charge < -0.3 is 14.9 Å². The van der Waals surface area contributed by atoms with Gasteiger partial charge in [0.15, 0.2) is 0 Å². The number of hydrogen-bond donors (Lipinski definition) is 2. The van der Waals surface area contributed by atoms with Crippen LogP contribution in [0.1, 0.15) is 97.8 Å². The Kier molecular flexibility index (Phi) is 6.48. The van der Waals surface area contributed by atoms with E-state index in [1.165, 1.54) is 44.9 Å². The molecule has 0 saturated heterocycles. The average Bonchev–Trinajstić information content (AvgIpc) is 3.03. The summed E-state index contributed by atoms with van der Waals surface area (Å²) < 4.78 is 5.11. The second kappa shape index (κ2) is 8.52. The second-order valence-corrected chi connectivity index (χ2v) is 12.1. The molecular formula is C27H46O3. The predicted molar refractivity (Wildman–Crippen MR) is 122 cm³/mol. The minimum atomic E-state index is -0.492. The lowest BCUT2D eigenvalue weighted by Crippen LogP contribution is -2.51. The Labute approximate surface area is 184 Å². The van der Waals surface area contributed by atoms with Crippen molar-refractivity contribution in [3.8, 4) is 0 Å². The fourth-order valence-electron chi connectivity index (χ4n) is 8.39. The number of rotatable bonds is 7. The van der Waals surface area contributed by atoms with Gasteiger partial charge in [-0.15, -0.1) is 0 Å². The Balaban J connectivity index is 1.41. The molecule has 4 rings (SSSR count). The van der Waals surface area contributed by atoms with Crippen LogP contribution in [-0.4, -0.2) is 35.6 Å². The fourth-order valence-corrected chi connectivity index (χ4v) is 8.39. The molecule has 0 aliphatic heterocycles. The van der Waals surface area contributed by atoms with Crippen molar-refractivity contribution in [3.63, 3.8) is 0 Å². The maximum atomic E-state index is 10.7. The van der Waals surface area contributed by atoms with Crippen LogP contribution < -0.4 is 0 Å². The second-order valence-electron chi connectivity index (χ2n) is 12.1. The third kappa shape index (κ3) is 4.04. The van der Waals surface area contributed by atoms with Gasteiger partial charge in [0.05, 0.1) is 11.7 Å². The van der Waals surface area contributed by atoms with Gasteiger partial charge in [0, 0.05) is 13.7 Å². The van der Waals surface area contributed by atoms with Crippen molar-refractivity contribution in [1.29, 1.82) is 0 Å².